The Labute approximate surface area is 97.2 Å². The molecule has 1 nitrogen and oxygen atoms in total. The highest BCUT2D eigenvalue weighted by atomic mass is 14.7. The summed E-state index contributed by atoms with van der Waals surface area (Å²) in [7, 11) is 0. The van der Waals surface area contributed by atoms with Gasteiger partial charge in [0.25, 0.3) is 0 Å². The average Bonchev–Trinajstić information content (AvgIpc) is 2.20. The lowest BCUT2D eigenvalue weighted by Crippen LogP contribution is -1.89. The summed E-state index contributed by atoms with van der Waals surface area (Å²) in [5.74, 6) is 0. The van der Waals surface area contributed by atoms with Gasteiger partial charge in [0, 0.05) is 11.8 Å². The van der Waals surface area contributed by atoms with Crippen molar-refractivity contribution in [3.8, 4) is 11.3 Å². The van der Waals surface area contributed by atoms with Crippen LogP contribution < -0.4 is 0 Å². The zero-order valence-electron chi connectivity index (χ0n) is 10.3. The Hall–Kier alpha value is -1.63. The largest absolute Gasteiger partial charge is 0.256 e. The van der Waals surface area contributed by atoms with E-state index >= 15 is 0 Å². The van der Waals surface area contributed by atoms with Gasteiger partial charge in [0.1, 0.15) is 0 Å². The van der Waals surface area contributed by atoms with Crippen LogP contribution in [0.5, 0.6) is 0 Å². The van der Waals surface area contributed by atoms with Gasteiger partial charge in [0.2, 0.25) is 0 Å². The zero-order valence-corrected chi connectivity index (χ0v) is 10.3. The van der Waals surface area contributed by atoms with Gasteiger partial charge in [0.15, 0.2) is 0 Å². The monoisotopic (exact) mass is 211 g/mol. The van der Waals surface area contributed by atoms with Gasteiger partial charge in [-0.05, 0) is 57.0 Å². The van der Waals surface area contributed by atoms with Crippen LogP contribution in [0.1, 0.15) is 22.3 Å². The molecular formula is C15H17N. The Morgan fingerprint density at radius 2 is 1.38 bits per heavy atom. The molecule has 82 valence electrons. The molecule has 0 bridgehead atoms. The first-order chi connectivity index (χ1) is 7.56. The molecule has 1 heteroatoms. The van der Waals surface area contributed by atoms with Gasteiger partial charge in [-0.1, -0.05) is 17.2 Å². The van der Waals surface area contributed by atoms with E-state index in [1.165, 1.54) is 27.8 Å². The third-order valence-corrected chi connectivity index (χ3v) is 2.89. The molecule has 0 aliphatic carbocycles. The highest BCUT2D eigenvalue weighted by Gasteiger charge is 2.02. The predicted octanol–water partition coefficient (Wildman–Crippen LogP) is 3.98. The Balaban J connectivity index is 2.54. The van der Waals surface area contributed by atoms with Crippen molar-refractivity contribution in [2.45, 2.75) is 27.7 Å². The van der Waals surface area contributed by atoms with Crippen molar-refractivity contribution in [2.75, 3.05) is 0 Å². The number of pyridine rings is 1. The minimum absolute atomic E-state index is 1.06. The molecule has 0 unspecified atom stereocenters. The van der Waals surface area contributed by atoms with Gasteiger partial charge >= 0.3 is 0 Å². The molecule has 0 spiro atoms. The molecule has 0 aliphatic heterocycles. The minimum atomic E-state index is 1.06. The molecule has 2 aromatic rings. The third-order valence-electron chi connectivity index (χ3n) is 2.89. The predicted molar refractivity (Wildman–Crippen MR) is 68.6 cm³/mol. The molecule has 1 aromatic heterocycles. The second-order valence-corrected chi connectivity index (χ2v) is 4.53. The third kappa shape index (κ3) is 2.13. The number of aromatic nitrogens is 1. The van der Waals surface area contributed by atoms with Crippen molar-refractivity contribution in [1.82, 2.24) is 4.98 Å². The van der Waals surface area contributed by atoms with Crippen molar-refractivity contribution in [3.05, 3.63) is 52.7 Å². The maximum Gasteiger partial charge on any atom is 0.0704 e. The van der Waals surface area contributed by atoms with E-state index in [0.717, 1.165) is 5.69 Å². The fraction of sp³-hybridized carbons (Fsp3) is 0.267. The van der Waals surface area contributed by atoms with Crippen LogP contribution in [0.15, 0.2) is 30.5 Å². The molecule has 0 saturated carbocycles. The molecule has 2 rings (SSSR count). The molecule has 16 heavy (non-hydrogen) atoms. The summed E-state index contributed by atoms with van der Waals surface area (Å²) in [4.78, 5) is 4.49. The SMILES string of the molecule is Cc1cc(C)cc(-c2cc(C)c(C)cn2)c1. The molecule has 0 aliphatic rings. The molecule has 1 heterocycles. The lowest BCUT2D eigenvalue weighted by Gasteiger charge is -2.06. The van der Waals surface area contributed by atoms with E-state index in [2.05, 4.69) is 56.9 Å². The zero-order chi connectivity index (χ0) is 11.7. The molecule has 1 aromatic carbocycles. The second kappa shape index (κ2) is 4.09. The van der Waals surface area contributed by atoms with Gasteiger partial charge in [-0.15, -0.1) is 0 Å². The van der Waals surface area contributed by atoms with Crippen LogP contribution in [0, 0.1) is 27.7 Å². The Morgan fingerprint density at radius 3 is 1.94 bits per heavy atom. The van der Waals surface area contributed by atoms with E-state index in [1.54, 1.807) is 0 Å². The first-order valence-corrected chi connectivity index (χ1v) is 5.58. The minimum Gasteiger partial charge on any atom is -0.256 e. The Kier molecular flexibility index (Phi) is 2.78. The summed E-state index contributed by atoms with van der Waals surface area (Å²) in [5, 5.41) is 0. The summed E-state index contributed by atoms with van der Waals surface area (Å²) in [5.41, 5.74) is 7.39. The first kappa shape index (κ1) is 10.9. The first-order valence-electron chi connectivity index (χ1n) is 5.58. The van der Waals surface area contributed by atoms with Crippen LogP contribution in [0.4, 0.5) is 0 Å². The lowest BCUT2D eigenvalue weighted by atomic mass is 10.0. The van der Waals surface area contributed by atoms with Crippen molar-refractivity contribution in [2.24, 2.45) is 0 Å². The van der Waals surface area contributed by atoms with E-state index in [9.17, 15) is 0 Å². The summed E-state index contributed by atoms with van der Waals surface area (Å²) < 4.78 is 0. The van der Waals surface area contributed by atoms with E-state index in [-0.39, 0.29) is 0 Å². The topological polar surface area (TPSA) is 12.9 Å². The van der Waals surface area contributed by atoms with Gasteiger partial charge in [-0.3, -0.25) is 4.98 Å². The smallest absolute Gasteiger partial charge is 0.0704 e. The number of aryl methyl sites for hydroxylation is 4. The number of rotatable bonds is 1. The normalized spacial score (nSPS) is 10.5. The highest BCUT2D eigenvalue weighted by Crippen LogP contribution is 2.21. The van der Waals surface area contributed by atoms with Crippen molar-refractivity contribution in [1.29, 1.82) is 0 Å². The summed E-state index contributed by atoms with van der Waals surface area (Å²) in [6, 6.07) is 8.71. The van der Waals surface area contributed by atoms with Crippen LogP contribution in [0.2, 0.25) is 0 Å². The summed E-state index contributed by atoms with van der Waals surface area (Å²) in [6.07, 6.45) is 1.95. The lowest BCUT2D eigenvalue weighted by molar-refractivity contribution is 1.21. The molecular weight excluding hydrogens is 194 g/mol. The van der Waals surface area contributed by atoms with Crippen LogP contribution in [-0.2, 0) is 0 Å². The van der Waals surface area contributed by atoms with Crippen molar-refractivity contribution < 1.29 is 0 Å². The summed E-state index contributed by atoms with van der Waals surface area (Å²) in [6.45, 7) is 8.46. The fourth-order valence-corrected chi connectivity index (χ4v) is 1.90. The Morgan fingerprint density at radius 1 is 0.750 bits per heavy atom. The van der Waals surface area contributed by atoms with E-state index in [1.807, 2.05) is 6.20 Å². The van der Waals surface area contributed by atoms with Crippen LogP contribution in [0.25, 0.3) is 11.3 Å². The quantitative estimate of drug-likeness (QED) is 0.695. The average molecular weight is 211 g/mol. The van der Waals surface area contributed by atoms with E-state index in [0.29, 0.717) is 0 Å². The van der Waals surface area contributed by atoms with Crippen molar-refractivity contribution >= 4 is 0 Å². The number of nitrogens with zero attached hydrogens (tertiary/aromatic N) is 1. The van der Waals surface area contributed by atoms with Crippen LogP contribution in [-0.4, -0.2) is 4.98 Å². The van der Waals surface area contributed by atoms with Crippen LogP contribution >= 0.6 is 0 Å². The molecule has 0 fully saturated rings. The van der Waals surface area contributed by atoms with Crippen LogP contribution in [0.3, 0.4) is 0 Å². The molecule has 0 N–H and O–H groups in total. The molecule has 0 amide bonds. The standard InChI is InChI=1S/C15H17N/c1-10-5-11(2)7-14(6-10)15-8-12(3)13(4)9-16-15/h5-9H,1-4H3. The maximum absolute atomic E-state index is 4.49. The van der Waals surface area contributed by atoms with Crippen molar-refractivity contribution in [3.63, 3.8) is 0 Å². The molecule has 0 atom stereocenters. The summed E-state index contributed by atoms with van der Waals surface area (Å²) >= 11 is 0. The number of benzene rings is 1. The van der Waals surface area contributed by atoms with E-state index < -0.39 is 0 Å². The fourth-order valence-electron chi connectivity index (χ4n) is 1.90. The van der Waals surface area contributed by atoms with Gasteiger partial charge in [-0.25, -0.2) is 0 Å². The Bertz CT molecular complexity index is 507. The molecule has 0 radical (unpaired) electrons. The van der Waals surface area contributed by atoms with Gasteiger partial charge < -0.3 is 0 Å². The number of hydrogen-bond donors (Lipinski definition) is 0. The number of hydrogen-bond acceptors (Lipinski definition) is 1. The highest BCUT2D eigenvalue weighted by molar-refractivity contribution is 5.62. The van der Waals surface area contributed by atoms with Gasteiger partial charge in [-0.2, -0.15) is 0 Å². The maximum atomic E-state index is 4.49. The van der Waals surface area contributed by atoms with E-state index in [4.69, 9.17) is 0 Å². The second-order valence-electron chi connectivity index (χ2n) is 4.53. The molecule has 0 saturated heterocycles. The van der Waals surface area contributed by atoms with Gasteiger partial charge in [0.05, 0.1) is 5.69 Å².